The van der Waals surface area contributed by atoms with Crippen LogP contribution in [-0.4, -0.2) is 68.6 Å². The van der Waals surface area contributed by atoms with Crippen LogP contribution in [0.5, 0.6) is 0 Å². The molecule has 0 radical (unpaired) electrons. The van der Waals surface area contributed by atoms with E-state index in [0.717, 1.165) is 45.2 Å². The van der Waals surface area contributed by atoms with Crippen LogP contribution in [0.2, 0.25) is 0 Å². The average Bonchev–Trinajstić information content (AvgIpc) is 2.98. The Morgan fingerprint density at radius 1 is 1.38 bits per heavy atom. The van der Waals surface area contributed by atoms with Crippen LogP contribution >= 0.6 is 11.3 Å². The van der Waals surface area contributed by atoms with Gasteiger partial charge in [-0.1, -0.05) is 0 Å². The molecule has 1 aliphatic heterocycles. The van der Waals surface area contributed by atoms with E-state index < -0.39 is 0 Å². The summed E-state index contributed by atoms with van der Waals surface area (Å²) in [4.78, 5) is 9.47. The smallest absolute Gasteiger partial charge is 0.191 e. The van der Waals surface area contributed by atoms with Crippen LogP contribution in [0.4, 0.5) is 0 Å². The fraction of sp³-hybridized carbons (Fsp3) is 0.667. The molecule has 1 aromatic rings. The van der Waals surface area contributed by atoms with E-state index >= 15 is 0 Å². The first-order valence-corrected chi connectivity index (χ1v) is 8.55. The molecule has 0 spiro atoms. The van der Waals surface area contributed by atoms with E-state index in [4.69, 9.17) is 0 Å². The van der Waals surface area contributed by atoms with Crippen molar-refractivity contribution < 1.29 is 0 Å². The molecule has 118 valence electrons. The zero-order valence-electron chi connectivity index (χ0n) is 13.3. The van der Waals surface area contributed by atoms with Crippen molar-refractivity contribution in [3.63, 3.8) is 0 Å². The normalized spacial score (nSPS) is 21.5. The van der Waals surface area contributed by atoms with Gasteiger partial charge in [-0.15, -0.1) is 0 Å². The van der Waals surface area contributed by atoms with Crippen LogP contribution in [-0.2, 0) is 6.54 Å². The highest BCUT2D eigenvalue weighted by Crippen LogP contribution is 2.07. The molecule has 0 amide bonds. The van der Waals surface area contributed by atoms with Gasteiger partial charge in [-0.25, -0.2) is 4.99 Å². The SMILES string of the molecule is CCNC(=NCc1ccsc1)NCC1CN(C)CCN1C. The van der Waals surface area contributed by atoms with Gasteiger partial charge in [-0.3, -0.25) is 4.90 Å². The van der Waals surface area contributed by atoms with Crippen LogP contribution in [0.15, 0.2) is 21.8 Å². The van der Waals surface area contributed by atoms with Crippen LogP contribution < -0.4 is 10.6 Å². The average molecular weight is 309 g/mol. The lowest BCUT2D eigenvalue weighted by molar-refractivity contribution is 0.116. The van der Waals surface area contributed by atoms with Crippen molar-refractivity contribution in [1.29, 1.82) is 0 Å². The molecule has 1 atom stereocenters. The van der Waals surface area contributed by atoms with E-state index in [0.29, 0.717) is 6.04 Å². The van der Waals surface area contributed by atoms with E-state index in [2.05, 4.69) is 63.3 Å². The zero-order valence-corrected chi connectivity index (χ0v) is 14.1. The summed E-state index contributed by atoms with van der Waals surface area (Å²) in [7, 11) is 4.39. The minimum atomic E-state index is 0.536. The van der Waals surface area contributed by atoms with Gasteiger partial charge in [0.25, 0.3) is 0 Å². The number of likely N-dealkylation sites (N-methyl/N-ethyl adjacent to an activating group) is 2. The molecule has 2 N–H and O–H groups in total. The maximum absolute atomic E-state index is 4.65. The van der Waals surface area contributed by atoms with E-state index in [1.807, 2.05) is 0 Å². The fourth-order valence-corrected chi connectivity index (χ4v) is 3.09. The second-order valence-corrected chi connectivity index (χ2v) is 6.38. The molecule has 21 heavy (non-hydrogen) atoms. The quantitative estimate of drug-likeness (QED) is 0.630. The summed E-state index contributed by atoms with van der Waals surface area (Å²) in [6, 6.07) is 2.66. The monoisotopic (exact) mass is 309 g/mol. The first kappa shape index (κ1) is 16.3. The number of thiophene rings is 1. The van der Waals surface area contributed by atoms with Crippen molar-refractivity contribution in [1.82, 2.24) is 20.4 Å². The van der Waals surface area contributed by atoms with Crippen LogP contribution in [0.25, 0.3) is 0 Å². The molecule has 1 aromatic heterocycles. The summed E-state index contributed by atoms with van der Waals surface area (Å²) < 4.78 is 0. The Hall–Kier alpha value is -1.11. The standard InChI is InChI=1S/C15H27N5S/c1-4-16-15(17-9-13-5-8-21-12-13)18-10-14-11-19(2)6-7-20(14)3/h5,8,12,14H,4,6-7,9-11H2,1-3H3,(H2,16,17,18). The molecule has 1 saturated heterocycles. The molecule has 5 nitrogen and oxygen atoms in total. The van der Waals surface area contributed by atoms with Gasteiger partial charge in [-0.05, 0) is 43.4 Å². The van der Waals surface area contributed by atoms with Gasteiger partial charge >= 0.3 is 0 Å². The largest absolute Gasteiger partial charge is 0.357 e. The predicted molar refractivity (Wildman–Crippen MR) is 91.1 cm³/mol. The third-order valence-corrected chi connectivity index (χ3v) is 4.56. The third-order valence-electron chi connectivity index (χ3n) is 3.83. The van der Waals surface area contributed by atoms with E-state index in [-0.39, 0.29) is 0 Å². The van der Waals surface area contributed by atoms with Crippen molar-refractivity contribution in [2.45, 2.75) is 19.5 Å². The number of aliphatic imine (C=N–C) groups is 1. The molecule has 1 fully saturated rings. The molecule has 2 rings (SSSR count). The number of nitrogens with zero attached hydrogens (tertiary/aromatic N) is 3. The topological polar surface area (TPSA) is 42.9 Å². The molecule has 0 bridgehead atoms. The van der Waals surface area contributed by atoms with E-state index in [9.17, 15) is 0 Å². The van der Waals surface area contributed by atoms with Crippen molar-refractivity contribution in [3.8, 4) is 0 Å². The third kappa shape index (κ3) is 5.30. The Bertz CT molecular complexity index is 431. The molecule has 1 aliphatic rings. The van der Waals surface area contributed by atoms with Crippen LogP contribution in [0.1, 0.15) is 12.5 Å². The van der Waals surface area contributed by atoms with Gasteiger partial charge in [-0.2, -0.15) is 11.3 Å². The summed E-state index contributed by atoms with van der Waals surface area (Å²) in [5, 5.41) is 11.0. The minimum Gasteiger partial charge on any atom is -0.357 e. The molecule has 6 heteroatoms. The number of piperazine rings is 1. The van der Waals surface area contributed by atoms with Gasteiger partial charge < -0.3 is 15.5 Å². The molecule has 0 saturated carbocycles. The van der Waals surface area contributed by atoms with Crippen LogP contribution in [0, 0.1) is 0 Å². The lowest BCUT2D eigenvalue weighted by Gasteiger charge is -2.37. The maximum Gasteiger partial charge on any atom is 0.191 e. The van der Waals surface area contributed by atoms with Crippen molar-refractivity contribution in [3.05, 3.63) is 22.4 Å². The van der Waals surface area contributed by atoms with Crippen molar-refractivity contribution in [2.24, 2.45) is 4.99 Å². The summed E-state index contributed by atoms with van der Waals surface area (Å²) in [6.07, 6.45) is 0. The Balaban J connectivity index is 1.85. The van der Waals surface area contributed by atoms with Gasteiger partial charge in [0.2, 0.25) is 0 Å². The fourth-order valence-electron chi connectivity index (χ4n) is 2.43. The highest BCUT2D eigenvalue weighted by Gasteiger charge is 2.21. The molecule has 0 aromatic carbocycles. The second kappa shape index (κ2) is 8.36. The summed E-state index contributed by atoms with van der Waals surface area (Å²) in [5.74, 6) is 0.908. The number of nitrogens with one attached hydrogen (secondary N) is 2. The van der Waals surface area contributed by atoms with E-state index in [1.165, 1.54) is 5.56 Å². The van der Waals surface area contributed by atoms with Gasteiger partial charge in [0.1, 0.15) is 0 Å². The zero-order chi connectivity index (χ0) is 15.1. The first-order valence-electron chi connectivity index (χ1n) is 7.61. The Kier molecular flexibility index (Phi) is 6.48. The molecule has 0 aliphatic carbocycles. The Morgan fingerprint density at radius 3 is 2.95 bits per heavy atom. The molecule has 1 unspecified atom stereocenters. The lowest BCUT2D eigenvalue weighted by Crippen LogP contribution is -2.55. The van der Waals surface area contributed by atoms with Gasteiger partial charge in [0.15, 0.2) is 5.96 Å². The molecule has 2 heterocycles. The van der Waals surface area contributed by atoms with Crippen molar-refractivity contribution >= 4 is 17.3 Å². The highest BCUT2D eigenvalue weighted by atomic mass is 32.1. The first-order chi connectivity index (χ1) is 10.2. The predicted octanol–water partition coefficient (Wildman–Crippen LogP) is 1.05. The summed E-state index contributed by atoms with van der Waals surface area (Å²) >= 11 is 1.72. The van der Waals surface area contributed by atoms with Gasteiger partial charge in [0.05, 0.1) is 6.54 Å². The lowest BCUT2D eigenvalue weighted by atomic mass is 10.2. The summed E-state index contributed by atoms with van der Waals surface area (Å²) in [5.41, 5.74) is 1.27. The Morgan fingerprint density at radius 2 is 2.24 bits per heavy atom. The number of guanidine groups is 1. The minimum absolute atomic E-state index is 0.536. The Labute approximate surface area is 132 Å². The number of hydrogen-bond acceptors (Lipinski definition) is 4. The van der Waals surface area contributed by atoms with E-state index in [1.54, 1.807) is 11.3 Å². The molecular formula is C15H27N5S. The van der Waals surface area contributed by atoms with Crippen molar-refractivity contribution in [2.75, 3.05) is 46.8 Å². The maximum atomic E-state index is 4.65. The highest BCUT2D eigenvalue weighted by molar-refractivity contribution is 7.07. The van der Waals surface area contributed by atoms with Gasteiger partial charge in [0, 0.05) is 38.8 Å². The second-order valence-electron chi connectivity index (χ2n) is 5.60. The number of rotatable bonds is 5. The summed E-state index contributed by atoms with van der Waals surface area (Å²) in [6.45, 7) is 8.03. The van der Waals surface area contributed by atoms with Crippen LogP contribution in [0.3, 0.4) is 0 Å². The molecular weight excluding hydrogens is 282 g/mol. The number of hydrogen-bond donors (Lipinski definition) is 2.